The fraction of sp³-hybridized carbons (Fsp3) is 0.278. The van der Waals surface area contributed by atoms with Gasteiger partial charge in [-0.1, -0.05) is 23.4 Å². The number of aromatic nitrogens is 4. The molecular weight excluding hydrogens is 318 g/mol. The number of hydrogen-bond acceptors (Lipinski definition) is 6. The minimum atomic E-state index is 0.449. The van der Waals surface area contributed by atoms with Crippen molar-refractivity contribution in [1.82, 2.24) is 25.0 Å². The average molecular weight is 337 g/mol. The first-order chi connectivity index (χ1) is 12.4. The van der Waals surface area contributed by atoms with E-state index in [-0.39, 0.29) is 0 Å². The molecule has 0 atom stereocenters. The molecule has 2 aromatic heterocycles. The van der Waals surface area contributed by atoms with E-state index in [0.717, 1.165) is 44.2 Å². The van der Waals surface area contributed by atoms with Gasteiger partial charge in [0.25, 0.3) is 5.89 Å². The van der Waals surface area contributed by atoms with Crippen LogP contribution < -0.4 is 0 Å². The van der Waals surface area contributed by atoms with Crippen molar-refractivity contribution in [3.8, 4) is 11.4 Å². The number of aromatic amines is 1. The highest BCUT2D eigenvalue weighted by molar-refractivity contribution is 5.63. The Morgan fingerprint density at radius 1 is 1.20 bits per heavy atom. The fourth-order valence-corrected chi connectivity index (χ4v) is 2.77. The Morgan fingerprint density at radius 3 is 2.96 bits per heavy atom. The van der Waals surface area contributed by atoms with Gasteiger partial charge in [0.1, 0.15) is 5.82 Å². The molecule has 0 amide bonds. The summed E-state index contributed by atoms with van der Waals surface area (Å²) in [6, 6.07) is 8.25. The third-order valence-corrected chi connectivity index (χ3v) is 4.04. The first kappa shape index (κ1) is 15.7. The highest BCUT2D eigenvalue weighted by atomic mass is 16.5. The lowest BCUT2D eigenvalue weighted by Crippen LogP contribution is -2.35. The van der Waals surface area contributed by atoms with Crippen molar-refractivity contribution >= 4 is 12.2 Å². The summed E-state index contributed by atoms with van der Waals surface area (Å²) in [4.78, 5) is 13.9. The Morgan fingerprint density at radius 2 is 2.12 bits per heavy atom. The third-order valence-electron chi connectivity index (χ3n) is 4.04. The van der Waals surface area contributed by atoms with Crippen LogP contribution in [0.15, 0.2) is 41.2 Å². The van der Waals surface area contributed by atoms with Crippen LogP contribution in [0, 0.1) is 0 Å². The van der Waals surface area contributed by atoms with Crippen LogP contribution in [-0.4, -0.2) is 51.3 Å². The largest absolute Gasteiger partial charge is 0.379 e. The molecule has 1 aliphatic heterocycles. The van der Waals surface area contributed by atoms with E-state index in [2.05, 4.69) is 37.1 Å². The maximum atomic E-state index is 5.40. The molecule has 1 saturated heterocycles. The molecule has 7 nitrogen and oxygen atoms in total. The van der Waals surface area contributed by atoms with Crippen LogP contribution in [0.2, 0.25) is 0 Å². The molecule has 0 spiro atoms. The molecule has 1 N–H and O–H groups in total. The van der Waals surface area contributed by atoms with Crippen molar-refractivity contribution in [1.29, 1.82) is 0 Å². The maximum Gasteiger partial charge on any atom is 0.251 e. The molecule has 0 aliphatic carbocycles. The average Bonchev–Trinajstić information content (AvgIpc) is 3.33. The summed E-state index contributed by atoms with van der Waals surface area (Å²) in [5.74, 6) is 1.78. The Kier molecular flexibility index (Phi) is 4.67. The number of ether oxygens (including phenoxy) is 1. The number of rotatable bonds is 5. The summed E-state index contributed by atoms with van der Waals surface area (Å²) in [6.45, 7) is 4.44. The molecule has 1 fully saturated rings. The van der Waals surface area contributed by atoms with Gasteiger partial charge in [0.2, 0.25) is 5.82 Å². The quantitative estimate of drug-likeness (QED) is 0.770. The molecule has 3 aromatic rings. The lowest BCUT2D eigenvalue weighted by atomic mass is 10.1. The van der Waals surface area contributed by atoms with E-state index in [1.165, 1.54) is 5.56 Å². The molecule has 0 unspecified atom stereocenters. The molecule has 7 heteroatoms. The zero-order valence-corrected chi connectivity index (χ0v) is 13.8. The molecule has 0 saturated carbocycles. The van der Waals surface area contributed by atoms with Crippen LogP contribution >= 0.6 is 0 Å². The van der Waals surface area contributed by atoms with Crippen LogP contribution in [-0.2, 0) is 11.3 Å². The summed E-state index contributed by atoms with van der Waals surface area (Å²) in [5.41, 5.74) is 2.18. The lowest BCUT2D eigenvalue weighted by Gasteiger charge is -2.26. The van der Waals surface area contributed by atoms with E-state index in [1.807, 2.05) is 12.1 Å². The zero-order chi connectivity index (χ0) is 16.9. The highest BCUT2D eigenvalue weighted by Crippen LogP contribution is 2.19. The van der Waals surface area contributed by atoms with E-state index < -0.39 is 0 Å². The van der Waals surface area contributed by atoms with Gasteiger partial charge in [0.05, 0.1) is 13.2 Å². The van der Waals surface area contributed by atoms with Crippen LogP contribution in [0.25, 0.3) is 23.5 Å². The SMILES string of the molecule is C(=Cc1nc(-c2cccc(CN3CCOCC3)c2)no1)c1ncc[nH]1. The minimum absolute atomic E-state index is 0.449. The summed E-state index contributed by atoms with van der Waals surface area (Å²) >= 11 is 0. The number of morpholine rings is 1. The van der Waals surface area contributed by atoms with Crippen LogP contribution in [0.3, 0.4) is 0 Å². The van der Waals surface area contributed by atoms with Crippen LogP contribution in [0.1, 0.15) is 17.3 Å². The molecule has 128 valence electrons. The van der Waals surface area contributed by atoms with Crippen molar-refractivity contribution in [2.75, 3.05) is 26.3 Å². The van der Waals surface area contributed by atoms with E-state index in [1.54, 1.807) is 24.5 Å². The van der Waals surface area contributed by atoms with Gasteiger partial charge >= 0.3 is 0 Å². The van der Waals surface area contributed by atoms with E-state index in [0.29, 0.717) is 11.7 Å². The zero-order valence-electron chi connectivity index (χ0n) is 13.8. The molecule has 1 aromatic carbocycles. The number of nitrogens with zero attached hydrogens (tertiary/aromatic N) is 4. The topological polar surface area (TPSA) is 80.1 Å². The van der Waals surface area contributed by atoms with Crippen molar-refractivity contribution in [2.24, 2.45) is 0 Å². The van der Waals surface area contributed by atoms with Crippen LogP contribution in [0.4, 0.5) is 0 Å². The number of imidazole rings is 1. The Hall–Kier alpha value is -2.77. The minimum Gasteiger partial charge on any atom is -0.379 e. The molecular formula is C18H19N5O2. The number of benzene rings is 1. The van der Waals surface area contributed by atoms with Gasteiger partial charge in [-0.25, -0.2) is 4.98 Å². The predicted octanol–water partition coefficient (Wildman–Crippen LogP) is 2.46. The maximum absolute atomic E-state index is 5.40. The Balaban J connectivity index is 1.47. The van der Waals surface area contributed by atoms with Gasteiger partial charge < -0.3 is 14.2 Å². The first-order valence-corrected chi connectivity index (χ1v) is 8.27. The van der Waals surface area contributed by atoms with E-state index in [9.17, 15) is 0 Å². The van der Waals surface area contributed by atoms with Gasteiger partial charge in [0.15, 0.2) is 0 Å². The van der Waals surface area contributed by atoms with Crippen molar-refractivity contribution < 1.29 is 9.26 Å². The van der Waals surface area contributed by atoms with Gasteiger partial charge in [-0.15, -0.1) is 0 Å². The monoisotopic (exact) mass is 337 g/mol. The second kappa shape index (κ2) is 7.42. The summed E-state index contributed by atoms with van der Waals surface area (Å²) in [5, 5.41) is 4.07. The van der Waals surface area contributed by atoms with Crippen molar-refractivity contribution in [3.63, 3.8) is 0 Å². The number of H-pyrrole nitrogens is 1. The summed E-state index contributed by atoms with van der Waals surface area (Å²) < 4.78 is 10.7. The molecule has 3 heterocycles. The third kappa shape index (κ3) is 4.01. The number of hydrogen-bond donors (Lipinski definition) is 1. The van der Waals surface area contributed by atoms with E-state index in [4.69, 9.17) is 9.26 Å². The molecule has 0 bridgehead atoms. The molecule has 0 radical (unpaired) electrons. The van der Waals surface area contributed by atoms with Crippen molar-refractivity contribution in [2.45, 2.75) is 6.54 Å². The van der Waals surface area contributed by atoms with Gasteiger partial charge in [-0.2, -0.15) is 4.98 Å². The van der Waals surface area contributed by atoms with Gasteiger partial charge in [-0.05, 0) is 17.7 Å². The normalized spacial score (nSPS) is 15.8. The lowest BCUT2D eigenvalue weighted by molar-refractivity contribution is 0.0342. The molecule has 4 rings (SSSR count). The molecule has 1 aliphatic rings. The number of nitrogens with one attached hydrogen (secondary N) is 1. The summed E-state index contributed by atoms with van der Waals surface area (Å²) in [6.07, 6.45) is 7.00. The first-order valence-electron chi connectivity index (χ1n) is 8.27. The van der Waals surface area contributed by atoms with Gasteiger partial charge in [0, 0.05) is 43.7 Å². The van der Waals surface area contributed by atoms with Crippen LogP contribution in [0.5, 0.6) is 0 Å². The fourth-order valence-electron chi connectivity index (χ4n) is 2.77. The summed E-state index contributed by atoms with van der Waals surface area (Å²) in [7, 11) is 0. The second-order valence-electron chi connectivity index (χ2n) is 5.85. The Bertz CT molecular complexity index is 835. The Labute approximate surface area is 145 Å². The van der Waals surface area contributed by atoms with Gasteiger partial charge in [-0.3, -0.25) is 4.90 Å². The molecule has 25 heavy (non-hydrogen) atoms. The van der Waals surface area contributed by atoms with Crippen molar-refractivity contribution in [3.05, 3.63) is 53.9 Å². The smallest absolute Gasteiger partial charge is 0.251 e. The highest BCUT2D eigenvalue weighted by Gasteiger charge is 2.12. The second-order valence-corrected chi connectivity index (χ2v) is 5.85. The standard InChI is InChI=1S/C18H19N5O2/c1-2-14(13-23-8-10-24-11-9-23)12-15(3-1)18-21-17(25-22-18)5-4-16-19-6-7-20-16/h1-7,12H,8-11,13H2,(H,19,20). The predicted molar refractivity (Wildman–Crippen MR) is 93.3 cm³/mol. The van der Waals surface area contributed by atoms with E-state index >= 15 is 0 Å².